The molecule has 1 atom stereocenters. The van der Waals surface area contributed by atoms with Crippen LogP contribution in [0, 0.1) is 0 Å². The van der Waals surface area contributed by atoms with Gasteiger partial charge < -0.3 is 15.3 Å². The summed E-state index contributed by atoms with van der Waals surface area (Å²) in [6, 6.07) is 0.752. The van der Waals surface area contributed by atoms with Gasteiger partial charge in [0.15, 0.2) is 5.69 Å². The van der Waals surface area contributed by atoms with Gasteiger partial charge in [0.2, 0.25) is 5.95 Å². The molecular formula is C13H19F3N4O. The highest BCUT2D eigenvalue weighted by molar-refractivity contribution is 5.46. The summed E-state index contributed by atoms with van der Waals surface area (Å²) in [5.41, 5.74) is -0.974. The van der Waals surface area contributed by atoms with E-state index < -0.39 is 11.9 Å². The van der Waals surface area contributed by atoms with Gasteiger partial charge in [0.25, 0.3) is 0 Å². The van der Waals surface area contributed by atoms with E-state index in [0.717, 1.165) is 31.7 Å². The largest absolute Gasteiger partial charge is 0.433 e. The molecule has 0 radical (unpaired) electrons. The first-order chi connectivity index (χ1) is 9.95. The van der Waals surface area contributed by atoms with Crippen molar-refractivity contribution in [3.63, 3.8) is 0 Å². The van der Waals surface area contributed by atoms with Gasteiger partial charge in [-0.3, -0.25) is 0 Å². The molecule has 1 aromatic heterocycles. The van der Waals surface area contributed by atoms with Crippen LogP contribution in [0.4, 0.5) is 24.9 Å². The molecule has 1 aliphatic rings. The number of nitrogens with zero attached hydrogens (tertiary/aromatic N) is 3. The molecule has 5 nitrogen and oxygen atoms in total. The summed E-state index contributed by atoms with van der Waals surface area (Å²) in [6.45, 7) is 0.489. The molecule has 0 aromatic carbocycles. The molecule has 8 heteroatoms. The fourth-order valence-corrected chi connectivity index (χ4v) is 2.51. The quantitative estimate of drug-likeness (QED) is 0.897. The number of alkyl halides is 3. The van der Waals surface area contributed by atoms with Crippen LogP contribution < -0.4 is 10.2 Å². The van der Waals surface area contributed by atoms with Gasteiger partial charge in [0, 0.05) is 19.7 Å². The maximum absolute atomic E-state index is 12.9. The normalized spacial score (nSPS) is 20.2. The molecule has 2 heterocycles. The van der Waals surface area contributed by atoms with E-state index in [2.05, 4.69) is 15.3 Å². The van der Waals surface area contributed by atoms with Crippen molar-refractivity contribution in [2.24, 2.45) is 0 Å². The second-order valence-electron chi connectivity index (χ2n) is 5.06. The maximum Gasteiger partial charge on any atom is 0.433 e. The zero-order valence-electron chi connectivity index (χ0n) is 11.8. The van der Waals surface area contributed by atoms with Gasteiger partial charge in [-0.1, -0.05) is 12.8 Å². The predicted molar refractivity (Wildman–Crippen MR) is 73.3 cm³/mol. The summed E-state index contributed by atoms with van der Waals surface area (Å²) in [5.74, 6) is 0.142. The van der Waals surface area contributed by atoms with E-state index >= 15 is 0 Å². The van der Waals surface area contributed by atoms with Crippen molar-refractivity contribution in [1.82, 2.24) is 9.97 Å². The lowest BCUT2D eigenvalue weighted by Gasteiger charge is -2.30. The van der Waals surface area contributed by atoms with Gasteiger partial charge in [-0.2, -0.15) is 18.2 Å². The highest BCUT2D eigenvalue weighted by Crippen LogP contribution is 2.32. The SMILES string of the molecule is CNc1nc(N2CCCCCC2CO)cc(C(F)(F)F)n1. The summed E-state index contributed by atoms with van der Waals surface area (Å²) < 4.78 is 38.8. The molecule has 2 rings (SSSR count). The number of aliphatic hydroxyl groups excluding tert-OH is 1. The van der Waals surface area contributed by atoms with Crippen molar-refractivity contribution >= 4 is 11.8 Å². The molecule has 1 aromatic rings. The molecule has 0 saturated carbocycles. The number of nitrogens with one attached hydrogen (secondary N) is 1. The lowest BCUT2D eigenvalue weighted by molar-refractivity contribution is -0.141. The van der Waals surface area contributed by atoms with Crippen LogP contribution in [0.15, 0.2) is 6.07 Å². The van der Waals surface area contributed by atoms with Gasteiger partial charge in [-0.15, -0.1) is 0 Å². The molecule has 1 unspecified atom stereocenters. The smallest absolute Gasteiger partial charge is 0.394 e. The molecule has 21 heavy (non-hydrogen) atoms. The second-order valence-corrected chi connectivity index (χ2v) is 5.06. The minimum absolute atomic E-state index is 0.0687. The average molecular weight is 304 g/mol. The van der Waals surface area contributed by atoms with E-state index in [1.807, 2.05) is 0 Å². The van der Waals surface area contributed by atoms with E-state index in [0.29, 0.717) is 6.54 Å². The Hall–Kier alpha value is -1.57. The topological polar surface area (TPSA) is 61.3 Å². The Morgan fingerprint density at radius 1 is 1.33 bits per heavy atom. The van der Waals surface area contributed by atoms with E-state index in [9.17, 15) is 18.3 Å². The number of anilines is 2. The summed E-state index contributed by atoms with van der Waals surface area (Å²) in [5, 5.41) is 12.0. The van der Waals surface area contributed by atoms with Gasteiger partial charge in [-0.25, -0.2) is 4.98 Å². The second kappa shape index (κ2) is 6.46. The maximum atomic E-state index is 12.9. The van der Waals surface area contributed by atoms with Crippen LogP contribution in [0.5, 0.6) is 0 Å². The minimum Gasteiger partial charge on any atom is -0.394 e. The number of aliphatic hydroxyl groups is 1. The molecular weight excluding hydrogens is 285 g/mol. The molecule has 1 fully saturated rings. The van der Waals surface area contributed by atoms with Crippen LogP contribution in [0.1, 0.15) is 31.4 Å². The minimum atomic E-state index is -4.52. The summed E-state index contributed by atoms with van der Waals surface area (Å²) in [7, 11) is 1.48. The first kappa shape index (κ1) is 15.8. The zero-order chi connectivity index (χ0) is 15.5. The fourth-order valence-electron chi connectivity index (χ4n) is 2.51. The van der Waals surface area contributed by atoms with E-state index in [-0.39, 0.29) is 24.4 Å². The van der Waals surface area contributed by atoms with E-state index in [4.69, 9.17) is 0 Å². The summed E-state index contributed by atoms with van der Waals surface area (Å²) in [6.07, 6.45) is -0.946. The van der Waals surface area contributed by atoms with Crippen LogP contribution in [-0.4, -0.2) is 41.3 Å². The molecule has 1 saturated heterocycles. The lowest BCUT2D eigenvalue weighted by atomic mass is 10.1. The van der Waals surface area contributed by atoms with Crippen LogP contribution in [0.25, 0.3) is 0 Å². The Labute approximate surface area is 121 Å². The summed E-state index contributed by atoms with van der Waals surface area (Å²) >= 11 is 0. The first-order valence-corrected chi connectivity index (χ1v) is 6.97. The van der Waals surface area contributed by atoms with Crippen molar-refractivity contribution in [3.05, 3.63) is 11.8 Å². The van der Waals surface area contributed by atoms with Crippen LogP contribution in [0.2, 0.25) is 0 Å². The van der Waals surface area contributed by atoms with E-state index in [1.54, 1.807) is 4.90 Å². The van der Waals surface area contributed by atoms with Crippen LogP contribution in [0.3, 0.4) is 0 Å². The third-order valence-corrected chi connectivity index (χ3v) is 3.61. The van der Waals surface area contributed by atoms with Crippen LogP contribution in [-0.2, 0) is 6.18 Å². The third kappa shape index (κ3) is 3.75. The van der Waals surface area contributed by atoms with E-state index in [1.165, 1.54) is 7.05 Å². The number of halogens is 3. The van der Waals surface area contributed by atoms with Gasteiger partial charge >= 0.3 is 6.18 Å². The molecule has 0 aliphatic carbocycles. The highest BCUT2D eigenvalue weighted by atomic mass is 19.4. The molecule has 118 valence electrons. The van der Waals surface area contributed by atoms with Crippen LogP contribution >= 0.6 is 0 Å². The van der Waals surface area contributed by atoms with Crippen molar-refractivity contribution in [2.75, 3.05) is 30.4 Å². The monoisotopic (exact) mass is 304 g/mol. The standard InChI is InChI=1S/C13H19F3N4O/c1-17-12-18-10(13(14,15)16)7-11(19-12)20-6-4-2-3-5-9(20)8-21/h7,9,21H,2-6,8H2,1H3,(H,17,18,19). The van der Waals surface area contributed by atoms with Crippen molar-refractivity contribution in [3.8, 4) is 0 Å². The van der Waals surface area contributed by atoms with Gasteiger partial charge in [0.1, 0.15) is 5.82 Å². The predicted octanol–water partition coefficient (Wildman–Crippen LogP) is 2.28. The fraction of sp³-hybridized carbons (Fsp3) is 0.692. The number of rotatable bonds is 3. The average Bonchev–Trinajstić information content (AvgIpc) is 2.70. The van der Waals surface area contributed by atoms with Crippen molar-refractivity contribution in [2.45, 2.75) is 37.9 Å². The Balaban J connectivity index is 2.40. The number of hydrogen-bond donors (Lipinski definition) is 2. The Bertz CT molecular complexity index is 481. The van der Waals surface area contributed by atoms with Crippen molar-refractivity contribution in [1.29, 1.82) is 0 Å². The van der Waals surface area contributed by atoms with Gasteiger partial charge in [0.05, 0.1) is 12.6 Å². The van der Waals surface area contributed by atoms with Crippen molar-refractivity contribution < 1.29 is 18.3 Å². The Morgan fingerprint density at radius 3 is 2.71 bits per heavy atom. The molecule has 0 amide bonds. The third-order valence-electron chi connectivity index (χ3n) is 3.61. The first-order valence-electron chi connectivity index (χ1n) is 6.97. The highest BCUT2D eigenvalue weighted by Gasteiger charge is 2.35. The number of aromatic nitrogens is 2. The molecule has 0 spiro atoms. The Kier molecular flexibility index (Phi) is 4.87. The lowest BCUT2D eigenvalue weighted by Crippen LogP contribution is -2.38. The summed E-state index contributed by atoms with van der Waals surface area (Å²) in [4.78, 5) is 9.33. The van der Waals surface area contributed by atoms with Gasteiger partial charge in [-0.05, 0) is 12.8 Å². The number of hydrogen-bond acceptors (Lipinski definition) is 5. The Morgan fingerprint density at radius 2 is 2.10 bits per heavy atom. The zero-order valence-corrected chi connectivity index (χ0v) is 11.8. The molecule has 0 bridgehead atoms. The molecule has 2 N–H and O–H groups in total. The molecule has 1 aliphatic heterocycles.